The molecule has 0 spiro atoms. The summed E-state index contributed by atoms with van der Waals surface area (Å²) in [5, 5.41) is 24.6. The van der Waals surface area contributed by atoms with E-state index in [0.29, 0.717) is 0 Å². The van der Waals surface area contributed by atoms with Gasteiger partial charge in [-0.3, -0.25) is 4.57 Å². The highest BCUT2D eigenvalue weighted by molar-refractivity contribution is 5.68. The number of hydrogen-bond acceptors (Lipinski definition) is 12. The number of carbonyl (C=O) groups excluding carboxylic acids is 1. The van der Waals surface area contributed by atoms with E-state index >= 15 is 0 Å². The van der Waals surface area contributed by atoms with Gasteiger partial charge in [-0.2, -0.15) is 10.9 Å². The Morgan fingerprint density at radius 3 is 2.47 bits per heavy atom. The van der Waals surface area contributed by atoms with E-state index in [0.717, 1.165) is 9.63 Å². The molecule has 14 nitrogen and oxygen atoms in total. The second kappa shape index (κ2) is 12.9. The van der Waals surface area contributed by atoms with Crippen molar-refractivity contribution in [3.63, 3.8) is 0 Å². The third kappa shape index (κ3) is 7.59. The van der Waals surface area contributed by atoms with Crippen LogP contribution >= 0.6 is 0 Å². The summed E-state index contributed by atoms with van der Waals surface area (Å²) in [6.45, 7) is 12.1. The molecular formula is C20H38N6O8. The molecular weight excluding hydrogens is 452 g/mol. The van der Waals surface area contributed by atoms with Crippen molar-refractivity contribution < 1.29 is 34.5 Å². The highest BCUT2D eigenvalue weighted by Crippen LogP contribution is 2.33. The van der Waals surface area contributed by atoms with Crippen LogP contribution in [0.3, 0.4) is 0 Å². The van der Waals surface area contributed by atoms with Gasteiger partial charge in [-0.05, 0) is 32.8 Å². The van der Waals surface area contributed by atoms with Gasteiger partial charge in [0.05, 0.1) is 12.6 Å². The Labute approximate surface area is 198 Å². The van der Waals surface area contributed by atoms with Crippen LogP contribution in [-0.4, -0.2) is 67.5 Å². The number of aromatic nitrogens is 2. The number of nitrogens with zero attached hydrogens (tertiary/aromatic N) is 3. The monoisotopic (exact) mass is 490 g/mol. The Morgan fingerprint density at radius 2 is 2.00 bits per heavy atom. The molecule has 1 aliphatic heterocycles. The number of aliphatic hydroxyl groups excluding tert-OH is 2. The van der Waals surface area contributed by atoms with Crippen molar-refractivity contribution in [2.75, 3.05) is 12.3 Å². The van der Waals surface area contributed by atoms with Gasteiger partial charge in [-0.1, -0.05) is 27.7 Å². The number of carbonyl (C=O) groups is 1. The van der Waals surface area contributed by atoms with E-state index in [2.05, 4.69) is 15.3 Å². The number of nitrogens with one attached hydrogen (secondary N) is 1. The molecule has 14 heteroatoms. The largest absolute Gasteiger partial charge is 0.444 e. The van der Waals surface area contributed by atoms with E-state index in [9.17, 15) is 19.8 Å². The molecule has 2 heterocycles. The summed E-state index contributed by atoms with van der Waals surface area (Å²) in [4.78, 5) is 37.7. The van der Waals surface area contributed by atoms with E-state index in [-0.39, 0.29) is 11.7 Å². The zero-order valence-corrected chi connectivity index (χ0v) is 20.7. The molecule has 1 aromatic rings. The van der Waals surface area contributed by atoms with E-state index in [1.165, 1.54) is 12.3 Å². The van der Waals surface area contributed by atoms with Gasteiger partial charge in [-0.25, -0.2) is 9.59 Å². The van der Waals surface area contributed by atoms with Gasteiger partial charge >= 0.3 is 11.8 Å². The van der Waals surface area contributed by atoms with Gasteiger partial charge < -0.3 is 30.7 Å². The molecule has 1 fully saturated rings. The molecule has 34 heavy (non-hydrogen) atoms. The fourth-order valence-electron chi connectivity index (χ4n) is 3.33. The molecule has 5 atom stereocenters. The number of hydroxylamine groups is 2. The van der Waals surface area contributed by atoms with Crippen LogP contribution in [0, 0.1) is 5.92 Å². The predicted molar refractivity (Wildman–Crippen MR) is 121 cm³/mol. The van der Waals surface area contributed by atoms with Gasteiger partial charge in [0.25, 0.3) is 0 Å². The Bertz CT molecular complexity index is 830. The molecule has 0 saturated carbocycles. The van der Waals surface area contributed by atoms with Crippen molar-refractivity contribution in [3.8, 4) is 0 Å². The minimum absolute atomic E-state index is 0.00285. The van der Waals surface area contributed by atoms with Crippen LogP contribution in [0.5, 0.6) is 0 Å². The summed E-state index contributed by atoms with van der Waals surface area (Å²) < 4.78 is 12.0. The number of hydrogen-bond donors (Lipinski definition) is 5. The van der Waals surface area contributed by atoms with Crippen LogP contribution in [0.2, 0.25) is 0 Å². The topological polar surface area (TPSA) is 197 Å². The zero-order valence-electron chi connectivity index (χ0n) is 20.7. The van der Waals surface area contributed by atoms with Gasteiger partial charge in [0.2, 0.25) is 0 Å². The maximum absolute atomic E-state index is 12.4. The maximum atomic E-state index is 12.4. The lowest BCUT2D eigenvalue weighted by atomic mass is 10.0. The van der Waals surface area contributed by atoms with E-state index < -0.39 is 54.6 Å². The molecule has 1 aromatic heterocycles. The third-order valence-corrected chi connectivity index (χ3v) is 4.64. The molecule has 1 saturated heterocycles. The Kier molecular flexibility index (Phi) is 11.3. The van der Waals surface area contributed by atoms with Crippen LogP contribution in [-0.2, 0) is 19.5 Å². The molecule has 2 rings (SSSR count). The quantitative estimate of drug-likeness (QED) is 0.186. The maximum Gasteiger partial charge on any atom is 0.408 e. The number of nitrogen functional groups attached to an aromatic ring is 1. The Hall–Kier alpha value is -2.33. The van der Waals surface area contributed by atoms with Crippen molar-refractivity contribution in [1.29, 1.82) is 0 Å². The summed E-state index contributed by atoms with van der Waals surface area (Å²) in [7, 11) is 0. The van der Waals surface area contributed by atoms with Crippen LogP contribution in [0.15, 0.2) is 17.1 Å². The van der Waals surface area contributed by atoms with E-state index in [1.807, 2.05) is 13.8 Å². The van der Waals surface area contributed by atoms with Gasteiger partial charge in [0, 0.05) is 6.20 Å². The number of rotatable bonds is 8. The van der Waals surface area contributed by atoms with Crippen LogP contribution < -0.4 is 22.6 Å². The first kappa shape index (κ1) is 29.7. The normalized spacial score (nSPS) is 23.4. The van der Waals surface area contributed by atoms with Crippen LogP contribution in [0.1, 0.15) is 54.7 Å². The molecule has 5 unspecified atom stereocenters. The minimum atomic E-state index is -1.44. The minimum Gasteiger partial charge on any atom is -0.444 e. The van der Waals surface area contributed by atoms with Crippen LogP contribution in [0.4, 0.5) is 10.6 Å². The second-order valence-electron chi connectivity index (χ2n) is 8.64. The number of ether oxygens (including phenoxy) is 2. The highest BCUT2D eigenvalue weighted by atomic mass is 17.3. The lowest BCUT2D eigenvalue weighted by Crippen LogP contribution is -2.60. The first-order chi connectivity index (χ1) is 15.9. The molecule has 0 aliphatic carbocycles. The van der Waals surface area contributed by atoms with Crippen molar-refractivity contribution in [1.82, 2.24) is 19.9 Å². The van der Waals surface area contributed by atoms with Gasteiger partial charge in [0.1, 0.15) is 29.8 Å². The van der Waals surface area contributed by atoms with E-state index in [4.69, 9.17) is 26.1 Å². The fraction of sp³-hybridized carbons (Fsp3) is 0.750. The molecule has 196 valence electrons. The molecule has 0 radical (unpaired) electrons. The Morgan fingerprint density at radius 1 is 1.38 bits per heavy atom. The van der Waals surface area contributed by atoms with Crippen LogP contribution in [0.25, 0.3) is 0 Å². The summed E-state index contributed by atoms with van der Waals surface area (Å²) >= 11 is 0. The van der Waals surface area contributed by atoms with Crippen molar-refractivity contribution in [3.05, 3.63) is 22.7 Å². The summed E-state index contributed by atoms with van der Waals surface area (Å²) in [5.74, 6) is 4.80. The molecule has 1 amide bonds. The average molecular weight is 491 g/mol. The lowest BCUT2D eigenvalue weighted by molar-refractivity contribution is -0.460. The summed E-state index contributed by atoms with van der Waals surface area (Å²) in [6.07, 6.45) is -4.13. The van der Waals surface area contributed by atoms with Gasteiger partial charge in [0.15, 0.2) is 6.23 Å². The number of aliphatic hydroxyl groups is 2. The number of anilines is 1. The standard InChI is InChI=1S/C18H32N6O8.C2H6/c1-9(2)14(22-17(28)30-18(3,4)5)24(32-31-20)12-10(8-25)29-15(13(12)26)23-7-6-11(19)21-16(23)27;1-2/h6-7,9-10,12-15,25-26H,8,20H2,1-5H3,(H,22,28)(H2,19,21,27);1-2H3. The number of amides is 1. The predicted octanol–water partition coefficient (Wildman–Crippen LogP) is 0.0166. The SMILES string of the molecule is CC.CC(C)C(NC(=O)OC(C)(C)C)N(OON)C1C(CO)OC(n2ccc(N)nc2=O)C1O. The fourth-order valence-corrected chi connectivity index (χ4v) is 3.33. The number of alkyl carbamates (subject to hydrolysis) is 1. The molecule has 7 N–H and O–H groups in total. The lowest BCUT2D eigenvalue weighted by Gasteiger charge is -2.38. The summed E-state index contributed by atoms with van der Waals surface area (Å²) in [6, 6.07) is 0.233. The van der Waals surface area contributed by atoms with Crippen molar-refractivity contribution in [2.24, 2.45) is 11.8 Å². The highest BCUT2D eigenvalue weighted by Gasteiger charge is 2.51. The third-order valence-electron chi connectivity index (χ3n) is 4.64. The van der Waals surface area contributed by atoms with Crippen molar-refractivity contribution in [2.45, 2.75) is 84.7 Å². The molecule has 1 aliphatic rings. The second-order valence-corrected chi connectivity index (χ2v) is 8.64. The first-order valence-electron chi connectivity index (χ1n) is 11.0. The molecule has 0 aromatic carbocycles. The molecule has 0 bridgehead atoms. The van der Waals surface area contributed by atoms with Crippen molar-refractivity contribution >= 4 is 11.9 Å². The first-order valence-corrected chi connectivity index (χ1v) is 11.0. The Balaban J connectivity index is 0.00000281. The number of nitrogens with two attached hydrogens (primary N) is 2. The van der Waals surface area contributed by atoms with Gasteiger partial charge in [-0.15, -0.1) is 15.0 Å². The average Bonchev–Trinajstić information content (AvgIpc) is 3.06. The zero-order chi connectivity index (χ0) is 26.2. The smallest absolute Gasteiger partial charge is 0.408 e. The summed E-state index contributed by atoms with van der Waals surface area (Å²) in [5.41, 5.74) is 3.99. The van der Waals surface area contributed by atoms with E-state index in [1.54, 1.807) is 34.6 Å².